The van der Waals surface area contributed by atoms with Crippen molar-refractivity contribution in [1.82, 2.24) is 5.32 Å². The maximum absolute atomic E-state index is 12.8. The molecule has 2 rings (SSSR count). The summed E-state index contributed by atoms with van der Waals surface area (Å²) >= 11 is 0. The van der Waals surface area contributed by atoms with Gasteiger partial charge in [-0.3, -0.25) is 0 Å². The van der Waals surface area contributed by atoms with E-state index in [1.54, 1.807) is 6.92 Å². The molecule has 1 aromatic carbocycles. The summed E-state index contributed by atoms with van der Waals surface area (Å²) in [6, 6.07) is 3.26. The number of phenols is 1. The SMILES string of the molecule is Cc1cc(CC2CCCNC2)cc(C(F)F)c1O. The van der Waals surface area contributed by atoms with E-state index in [9.17, 15) is 13.9 Å². The molecule has 0 bridgehead atoms. The molecule has 0 saturated carbocycles. The van der Waals surface area contributed by atoms with Gasteiger partial charge in [0.25, 0.3) is 6.43 Å². The Morgan fingerprint density at radius 2 is 2.22 bits per heavy atom. The van der Waals surface area contributed by atoms with Gasteiger partial charge in [0.1, 0.15) is 5.75 Å². The summed E-state index contributed by atoms with van der Waals surface area (Å²) in [6.07, 6.45) is 0.460. The highest BCUT2D eigenvalue weighted by Gasteiger charge is 2.18. The van der Waals surface area contributed by atoms with Crippen LogP contribution in [0.15, 0.2) is 12.1 Å². The van der Waals surface area contributed by atoms with E-state index in [0.717, 1.165) is 37.9 Å². The fourth-order valence-corrected chi connectivity index (χ4v) is 2.60. The van der Waals surface area contributed by atoms with Gasteiger partial charge >= 0.3 is 0 Å². The molecular formula is C14H19F2NO. The van der Waals surface area contributed by atoms with Crippen LogP contribution < -0.4 is 5.32 Å². The van der Waals surface area contributed by atoms with Gasteiger partial charge < -0.3 is 10.4 Å². The van der Waals surface area contributed by atoms with Crippen LogP contribution in [0.3, 0.4) is 0 Å². The van der Waals surface area contributed by atoms with Crippen LogP contribution in [0.2, 0.25) is 0 Å². The third-order valence-corrected chi connectivity index (χ3v) is 3.55. The number of halogens is 2. The number of aromatic hydroxyl groups is 1. The number of benzene rings is 1. The van der Waals surface area contributed by atoms with Crippen LogP contribution in [-0.2, 0) is 6.42 Å². The predicted molar refractivity (Wildman–Crippen MR) is 67.1 cm³/mol. The molecule has 0 radical (unpaired) electrons. The number of alkyl halides is 2. The minimum Gasteiger partial charge on any atom is -0.507 e. The summed E-state index contributed by atoms with van der Waals surface area (Å²) in [5, 5.41) is 12.9. The lowest BCUT2D eigenvalue weighted by molar-refractivity contribution is 0.147. The lowest BCUT2D eigenvalue weighted by Gasteiger charge is -2.23. The third-order valence-electron chi connectivity index (χ3n) is 3.55. The van der Waals surface area contributed by atoms with Gasteiger partial charge in [-0.15, -0.1) is 0 Å². The Hall–Kier alpha value is -1.16. The summed E-state index contributed by atoms with van der Waals surface area (Å²) in [5.41, 5.74) is 1.19. The molecule has 0 amide bonds. The molecule has 0 aromatic heterocycles. The third kappa shape index (κ3) is 2.99. The molecule has 1 heterocycles. The number of piperidine rings is 1. The average molecular weight is 255 g/mol. The topological polar surface area (TPSA) is 32.3 Å². The van der Waals surface area contributed by atoms with Gasteiger partial charge in [-0.05, 0) is 62.4 Å². The maximum atomic E-state index is 12.8. The minimum absolute atomic E-state index is 0.242. The number of hydrogen-bond acceptors (Lipinski definition) is 2. The molecule has 4 heteroatoms. The van der Waals surface area contributed by atoms with Crippen LogP contribution in [0.1, 0.15) is 36.0 Å². The van der Waals surface area contributed by atoms with Gasteiger partial charge in [0.2, 0.25) is 0 Å². The summed E-state index contributed by atoms with van der Waals surface area (Å²) < 4.78 is 25.6. The average Bonchev–Trinajstić information content (AvgIpc) is 2.34. The highest BCUT2D eigenvalue weighted by Crippen LogP contribution is 2.33. The summed E-state index contributed by atoms with van der Waals surface area (Å²) in [4.78, 5) is 0. The van der Waals surface area contributed by atoms with Crippen molar-refractivity contribution in [1.29, 1.82) is 0 Å². The van der Waals surface area contributed by atoms with Crippen molar-refractivity contribution in [2.45, 2.75) is 32.6 Å². The Labute approximate surface area is 106 Å². The lowest BCUT2D eigenvalue weighted by atomic mass is 9.91. The highest BCUT2D eigenvalue weighted by atomic mass is 19.3. The monoisotopic (exact) mass is 255 g/mol. The molecule has 1 aromatic rings. The van der Waals surface area contributed by atoms with Gasteiger partial charge in [0.05, 0.1) is 5.56 Å². The fraction of sp³-hybridized carbons (Fsp3) is 0.571. The van der Waals surface area contributed by atoms with E-state index in [4.69, 9.17) is 0 Å². The van der Waals surface area contributed by atoms with Gasteiger partial charge in [-0.2, -0.15) is 0 Å². The minimum atomic E-state index is -2.62. The lowest BCUT2D eigenvalue weighted by Crippen LogP contribution is -2.30. The molecule has 1 unspecified atom stereocenters. The largest absolute Gasteiger partial charge is 0.507 e. The number of phenolic OH excluding ortho intramolecular Hbond substituents is 1. The predicted octanol–water partition coefficient (Wildman–Crippen LogP) is 3.18. The smallest absolute Gasteiger partial charge is 0.267 e. The molecular weight excluding hydrogens is 236 g/mol. The van der Waals surface area contributed by atoms with Crippen LogP contribution in [0.5, 0.6) is 5.75 Å². The zero-order valence-electron chi connectivity index (χ0n) is 10.5. The van der Waals surface area contributed by atoms with Crippen molar-refractivity contribution in [3.05, 3.63) is 28.8 Å². The quantitative estimate of drug-likeness (QED) is 0.869. The van der Waals surface area contributed by atoms with E-state index < -0.39 is 6.43 Å². The first kappa shape index (κ1) is 13.3. The number of aryl methyl sites for hydroxylation is 1. The Bertz CT molecular complexity index is 415. The van der Waals surface area contributed by atoms with E-state index in [1.807, 2.05) is 6.07 Å². The molecule has 1 aliphatic rings. The van der Waals surface area contributed by atoms with Gasteiger partial charge in [0, 0.05) is 0 Å². The second-order valence-corrected chi connectivity index (χ2v) is 5.07. The van der Waals surface area contributed by atoms with Crippen LogP contribution in [0.4, 0.5) is 8.78 Å². The molecule has 0 aliphatic carbocycles. The Morgan fingerprint density at radius 1 is 1.44 bits per heavy atom. The Kier molecular flexibility index (Phi) is 4.17. The van der Waals surface area contributed by atoms with Crippen molar-refractivity contribution >= 4 is 0 Å². The molecule has 1 atom stereocenters. The van der Waals surface area contributed by atoms with Crippen LogP contribution in [0.25, 0.3) is 0 Å². The van der Waals surface area contributed by atoms with E-state index in [-0.39, 0.29) is 11.3 Å². The first-order valence-corrected chi connectivity index (χ1v) is 6.39. The molecule has 18 heavy (non-hydrogen) atoms. The molecule has 2 N–H and O–H groups in total. The zero-order chi connectivity index (χ0) is 13.1. The zero-order valence-corrected chi connectivity index (χ0v) is 10.5. The molecule has 1 aliphatic heterocycles. The van der Waals surface area contributed by atoms with Crippen molar-refractivity contribution in [2.75, 3.05) is 13.1 Å². The van der Waals surface area contributed by atoms with Crippen molar-refractivity contribution < 1.29 is 13.9 Å². The molecule has 100 valence electrons. The maximum Gasteiger partial charge on any atom is 0.267 e. The van der Waals surface area contributed by atoms with Crippen LogP contribution >= 0.6 is 0 Å². The molecule has 1 fully saturated rings. The number of hydrogen-bond donors (Lipinski definition) is 2. The second kappa shape index (κ2) is 5.65. The molecule has 0 spiro atoms. The van der Waals surface area contributed by atoms with E-state index in [0.29, 0.717) is 11.5 Å². The van der Waals surface area contributed by atoms with E-state index in [1.165, 1.54) is 6.07 Å². The van der Waals surface area contributed by atoms with Gasteiger partial charge in [-0.1, -0.05) is 6.07 Å². The van der Waals surface area contributed by atoms with Crippen molar-refractivity contribution in [2.24, 2.45) is 5.92 Å². The summed E-state index contributed by atoms with van der Waals surface area (Å²) in [6.45, 7) is 3.67. The Balaban J connectivity index is 2.17. The summed E-state index contributed by atoms with van der Waals surface area (Å²) in [5.74, 6) is 0.240. The van der Waals surface area contributed by atoms with E-state index >= 15 is 0 Å². The van der Waals surface area contributed by atoms with Crippen molar-refractivity contribution in [3.8, 4) is 5.75 Å². The second-order valence-electron chi connectivity index (χ2n) is 5.07. The number of nitrogens with one attached hydrogen (secondary N) is 1. The van der Waals surface area contributed by atoms with Gasteiger partial charge in [0.15, 0.2) is 0 Å². The van der Waals surface area contributed by atoms with Crippen LogP contribution in [-0.4, -0.2) is 18.2 Å². The molecule has 1 saturated heterocycles. The van der Waals surface area contributed by atoms with E-state index in [2.05, 4.69) is 5.32 Å². The first-order valence-electron chi connectivity index (χ1n) is 6.39. The Morgan fingerprint density at radius 3 is 2.83 bits per heavy atom. The standard InChI is InChI=1S/C14H19F2NO/c1-9-5-11(6-10-3-2-4-17-8-10)7-12(13(9)18)14(15)16/h5,7,10,14,17-18H,2-4,6,8H2,1H3. The number of rotatable bonds is 3. The van der Waals surface area contributed by atoms with Crippen LogP contribution in [0, 0.1) is 12.8 Å². The summed E-state index contributed by atoms with van der Waals surface area (Å²) in [7, 11) is 0. The first-order chi connectivity index (χ1) is 8.58. The van der Waals surface area contributed by atoms with Gasteiger partial charge in [-0.25, -0.2) is 8.78 Å². The fourth-order valence-electron chi connectivity index (χ4n) is 2.60. The molecule has 2 nitrogen and oxygen atoms in total. The van der Waals surface area contributed by atoms with Crippen molar-refractivity contribution in [3.63, 3.8) is 0 Å². The normalized spacial score (nSPS) is 20.3. The highest BCUT2D eigenvalue weighted by molar-refractivity contribution is 5.43.